The molecule has 0 bridgehead atoms. The van der Waals surface area contributed by atoms with E-state index in [0.717, 1.165) is 19.4 Å². The number of benzene rings is 1. The summed E-state index contributed by atoms with van der Waals surface area (Å²) in [6.45, 7) is 5.13. The van der Waals surface area contributed by atoms with Gasteiger partial charge in [-0.05, 0) is 38.8 Å². The maximum atomic E-state index is 12.0. The lowest BCUT2D eigenvalue weighted by atomic mass is 10.2. The molecule has 10 heteroatoms. The standard InChI is InChI=1S/C18H22N4O5S/c1-3-26-17(23)12(2)28-18-20-19-16(21(18)11-15-5-4-10-27-15)13-6-8-14(9-7-13)22(24)25/h6-9,12,15H,3-5,10-11H2,1-2H3/t12-,15+/m1/s1. The van der Waals surface area contributed by atoms with Crippen LogP contribution in [0.5, 0.6) is 0 Å². The second-order valence-corrected chi connectivity index (χ2v) is 7.68. The van der Waals surface area contributed by atoms with Crippen molar-refractivity contribution in [2.24, 2.45) is 0 Å². The fourth-order valence-corrected chi connectivity index (χ4v) is 3.80. The molecule has 0 amide bonds. The Morgan fingerprint density at radius 1 is 1.43 bits per heavy atom. The van der Waals surface area contributed by atoms with E-state index in [4.69, 9.17) is 9.47 Å². The van der Waals surface area contributed by atoms with Crippen molar-refractivity contribution in [1.82, 2.24) is 14.8 Å². The molecule has 9 nitrogen and oxygen atoms in total. The quantitative estimate of drug-likeness (QED) is 0.285. The van der Waals surface area contributed by atoms with Crippen molar-refractivity contribution in [2.45, 2.75) is 49.7 Å². The summed E-state index contributed by atoms with van der Waals surface area (Å²) in [5.74, 6) is 0.278. The molecule has 0 aliphatic carbocycles. The van der Waals surface area contributed by atoms with E-state index >= 15 is 0 Å². The Morgan fingerprint density at radius 3 is 2.79 bits per heavy atom. The highest BCUT2D eigenvalue weighted by Crippen LogP contribution is 2.30. The lowest BCUT2D eigenvalue weighted by Gasteiger charge is -2.16. The number of carbonyl (C=O) groups is 1. The summed E-state index contributed by atoms with van der Waals surface area (Å²) in [4.78, 5) is 22.4. The minimum Gasteiger partial charge on any atom is -0.465 e. The van der Waals surface area contributed by atoms with Gasteiger partial charge in [-0.2, -0.15) is 0 Å². The fourth-order valence-electron chi connectivity index (χ4n) is 2.94. The van der Waals surface area contributed by atoms with Crippen LogP contribution in [0.25, 0.3) is 11.4 Å². The Hall–Kier alpha value is -2.46. The first-order chi connectivity index (χ1) is 13.5. The van der Waals surface area contributed by atoms with Gasteiger partial charge in [0.1, 0.15) is 5.25 Å². The average Bonchev–Trinajstić information content (AvgIpc) is 3.33. The van der Waals surface area contributed by atoms with E-state index in [2.05, 4.69) is 10.2 Å². The molecule has 2 atom stereocenters. The van der Waals surface area contributed by atoms with E-state index in [1.165, 1.54) is 23.9 Å². The molecule has 28 heavy (non-hydrogen) atoms. The molecule has 2 heterocycles. The average molecular weight is 406 g/mol. The van der Waals surface area contributed by atoms with Crippen molar-refractivity contribution >= 4 is 23.4 Å². The summed E-state index contributed by atoms with van der Waals surface area (Å²) < 4.78 is 12.7. The number of ether oxygens (including phenoxy) is 2. The maximum absolute atomic E-state index is 12.0. The largest absolute Gasteiger partial charge is 0.465 e. The smallest absolute Gasteiger partial charge is 0.319 e. The second kappa shape index (κ2) is 9.16. The molecule has 0 radical (unpaired) electrons. The van der Waals surface area contributed by atoms with Crippen LogP contribution in [0, 0.1) is 10.1 Å². The summed E-state index contributed by atoms with van der Waals surface area (Å²) >= 11 is 1.28. The number of aromatic nitrogens is 3. The van der Waals surface area contributed by atoms with Crippen LogP contribution in [-0.4, -0.2) is 50.2 Å². The molecular formula is C18H22N4O5S. The Bertz CT molecular complexity index is 833. The van der Waals surface area contributed by atoms with E-state index in [-0.39, 0.29) is 17.8 Å². The van der Waals surface area contributed by atoms with E-state index < -0.39 is 10.2 Å². The fraction of sp³-hybridized carbons (Fsp3) is 0.500. The minimum atomic E-state index is -0.441. The number of nitro groups is 1. The van der Waals surface area contributed by atoms with Crippen molar-refractivity contribution in [3.8, 4) is 11.4 Å². The zero-order valence-electron chi connectivity index (χ0n) is 15.7. The molecular weight excluding hydrogens is 384 g/mol. The third kappa shape index (κ3) is 4.68. The van der Waals surface area contributed by atoms with Crippen molar-refractivity contribution in [1.29, 1.82) is 0 Å². The normalized spacial score (nSPS) is 17.4. The Balaban J connectivity index is 1.89. The number of non-ortho nitro benzene ring substituents is 1. The molecule has 1 aromatic heterocycles. The number of esters is 1. The van der Waals surface area contributed by atoms with E-state index in [1.54, 1.807) is 26.0 Å². The lowest BCUT2D eigenvalue weighted by Crippen LogP contribution is -2.20. The van der Waals surface area contributed by atoms with Crippen molar-refractivity contribution in [3.63, 3.8) is 0 Å². The van der Waals surface area contributed by atoms with Gasteiger partial charge in [-0.3, -0.25) is 19.5 Å². The van der Waals surface area contributed by atoms with Crippen LogP contribution in [0.3, 0.4) is 0 Å². The number of rotatable bonds is 8. The first-order valence-corrected chi connectivity index (χ1v) is 10.0. The SMILES string of the molecule is CCOC(=O)[C@@H](C)Sc1nnc(-c2ccc([N+](=O)[O-])cc2)n1C[C@@H]1CCCO1. The molecule has 0 unspecified atom stereocenters. The monoisotopic (exact) mass is 406 g/mol. The van der Waals surface area contributed by atoms with Crippen LogP contribution < -0.4 is 0 Å². The second-order valence-electron chi connectivity index (χ2n) is 6.37. The van der Waals surface area contributed by atoms with Gasteiger partial charge in [0.25, 0.3) is 5.69 Å². The lowest BCUT2D eigenvalue weighted by molar-refractivity contribution is -0.384. The number of hydrogen-bond acceptors (Lipinski definition) is 8. The maximum Gasteiger partial charge on any atom is 0.319 e. The van der Waals surface area contributed by atoms with Gasteiger partial charge in [0, 0.05) is 24.3 Å². The topological polar surface area (TPSA) is 109 Å². The highest BCUT2D eigenvalue weighted by atomic mass is 32.2. The summed E-state index contributed by atoms with van der Waals surface area (Å²) in [5, 5.41) is 19.6. The molecule has 0 saturated carbocycles. The van der Waals surface area contributed by atoms with Crippen molar-refractivity contribution in [3.05, 3.63) is 34.4 Å². The summed E-state index contributed by atoms with van der Waals surface area (Å²) in [6, 6.07) is 6.18. The highest BCUT2D eigenvalue weighted by Gasteiger charge is 2.25. The van der Waals surface area contributed by atoms with Gasteiger partial charge in [-0.15, -0.1) is 10.2 Å². The zero-order valence-corrected chi connectivity index (χ0v) is 16.6. The van der Waals surface area contributed by atoms with Crippen LogP contribution in [0.15, 0.2) is 29.4 Å². The van der Waals surface area contributed by atoms with Crippen LogP contribution >= 0.6 is 11.8 Å². The van der Waals surface area contributed by atoms with E-state index in [1.807, 2.05) is 4.57 Å². The van der Waals surface area contributed by atoms with Crippen LogP contribution in [0.2, 0.25) is 0 Å². The van der Waals surface area contributed by atoms with Gasteiger partial charge >= 0.3 is 5.97 Å². The highest BCUT2D eigenvalue weighted by molar-refractivity contribution is 8.00. The number of hydrogen-bond donors (Lipinski definition) is 0. The predicted octanol–water partition coefficient (Wildman–Crippen LogP) is 3.08. The minimum absolute atomic E-state index is 0.0134. The van der Waals surface area contributed by atoms with Gasteiger partial charge in [0.05, 0.1) is 24.2 Å². The number of thioether (sulfide) groups is 1. The van der Waals surface area contributed by atoms with Crippen molar-refractivity contribution in [2.75, 3.05) is 13.2 Å². The third-order valence-electron chi connectivity index (χ3n) is 4.36. The summed E-state index contributed by atoms with van der Waals surface area (Å²) in [7, 11) is 0. The van der Waals surface area contributed by atoms with E-state index in [0.29, 0.717) is 29.7 Å². The zero-order chi connectivity index (χ0) is 20.1. The van der Waals surface area contributed by atoms with Crippen LogP contribution in [-0.2, 0) is 20.8 Å². The molecule has 1 aliphatic rings. The third-order valence-corrected chi connectivity index (χ3v) is 5.42. The molecule has 150 valence electrons. The predicted molar refractivity (Wildman–Crippen MR) is 103 cm³/mol. The first kappa shape index (κ1) is 20.3. The van der Waals surface area contributed by atoms with Gasteiger partial charge in [0.15, 0.2) is 11.0 Å². The molecule has 3 rings (SSSR count). The molecule has 1 aliphatic heterocycles. The molecule has 1 aromatic carbocycles. The Kier molecular flexibility index (Phi) is 6.63. The van der Waals surface area contributed by atoms with Crippen LogP contribution in [0.1, 0.15) is 26.7 Å². The number of nitrogens with zero attached hydrogens (tertiary/aromatic N) is 4. The van der Waals surface area contributed by atoms with Crippen LogP contribution in [0.4, 0.5) is 5.69 Å². The van der Waals surface area contributed by atoms with Gasteiger partial charge in [-0.25, -0.2) is 0 Å². The first-order valence-electron chi connectivity index (χ1n) is 9.12. The van der Waals surface area contributed by atoms with E-state index in [9.17, 15) is 14.9 Å². The number of nitro benzene ring substituents is 1. The summed E-state index contributed by atoms with van der Waals surface area (Å²) in [6.07, 6.45) is 1.99. The Morgan fingerprint density at radius 2 is 2.18 bits per heavy atom. The Labute approximate surface area is 166 Å². The van der Waals surface area contributed by atoms with Gasteiger partial charge in [-0.1, -0.05) is 11.8 Å². The molecule has 1 fully saturated rings. The van der Waals surface area contributed by atoms with Crippen molar-refractivity contribution < 1.29 is 19.2 Å². The summed E-state index contributed by atoms with van der Waals surface area (Å²) in [5.41, 5.74) is 0.728. The molecule has 1 saturated heterocycles. The molecule has 0 N–H and O–H groups in total. The number of carbonyl (C=O) groups excluding carboxylic acids is 1. The molecule has 2 aromatic rings. The van der Waals surface area contributed by atoms with Gasteiger partial charge < -0.3 is 9.47 Å². The van der Waals surface area contributed by atoms with Gasteiger partial charge in [0.2, 0.25) is 0 Å². The molecule has 0 spiro atoms.